The molecule has 2 atom stereocenters. The largest absolute Gasteiger partial charge is 0.396 e. The first-order chi connectivity index (χ1) is 8.72. The van der Waals surface area contributed by atoms with E-state index in [1.807, 2.05) is 0 Å². The molecular weight excluding hydrogens is 231 g/mol. The maximum Gasteiger partial charge on any atom is 0.148 e. The van der Waals surface area contributed by atoms with Crippen LogP contribution < -0.4 is 11.1 Å². The Balaban J connectivity index is 1.96. The highest BCUT2D eigenvalue weighted by Crippen LogP contribution is 2.30. The second-order valence-electron chi connectivity index (χ2n) is 5.07. The highest BCUT2D eigenvalue weighted by atomic mass is 19.1. The number of hydrogen-bond acceptors (Lipinski definition) is 3. The molecule has 1 aliphatic carbocycles. The van der Waals surface area contributed by atoms with Gasteiger partial charge in [0, 0.05) is 13.2 Å². The lowest BCUT2D eigenvalue weighted by Crippen LogP contribution is -2.28. The number of nitrogens with two attached hydrogens (primary N) is 1. The number of nitrogen functional groups attached to an aromatic ring is 1. The van der Waals surface area contributed by atoms with Crippen molar-refractivity contribution >= 4 is 11.4 Å². The van der Waals surface area contributed by atoms with E-state index in [4.69, 9.17) is 5.73 Å². The summed E-state index contributed by atoms with van der Waals surface area (Å²) in [5.74, 6) is 0.426. The lowest BCUT2D eigenvalue weighted by atomic mass is 9.79. The standard InChI is InChI=1S/C14H21FN2O/c15-12-6-3-7-13(14(12)16)17-8-10-4-1-2-5-11(10)9-18/h3,6-7,10-11,17-18H,1-2,4-5,8-9,16H2. The van der Waals surface area contributed by atoms with E-state index in [1.165, 1.54) is 18.9 Å². The van der Waals surface area contributed by atoms with Crippen LogP contribution in [-0.2, 0) is 0 Å². The van der Waals surface area contributed by atoms with Crippen LogP contribution in [0.5, 0.6) is 0 Å². The van der Waals surface area contributed by atoms with Crippen LogP contribution in [0.15, 0.2) is 18.2 Å². The van der Waals surface area contributed by atoms with Gasteiger partial charge in [-0.3, -0.25) is 0 Å². The Morgan fingerprint density at radius 3 is 2.72 bits per heavy atom. The minimum absolute atomic E-state index is 0.175. The van der Waals surface area contributed by atoms with E-state index >= 15 is 0 Å². The number of nitrogens with one attached hydrogen (secondary N) is 1. The lowest BCUT2D eigenvalue weighted by molar-refractivity contribution is 0.141. The molecule has 0 bridgehead atoms. The minimum atomic E-state index is -0.387. The van der Waals surface area contributed by atoms with Crippen LogP contribution in [0.3, 0.4) is 0 Å². The molecule has 2 rings (SSSR count). The third-order valence-electron chi connectivity index (χ3n) is 3.91. The Bertz CT molecular complexity index is 397. The smallest absolute Gasteiger partial charge is 0.148 e. The molecule has 3 nitrogen and oxygen atoms in total. The number of hydrogen-bond donors (Lipinski definition) is 3. The summed E-state index contributed by atoms with van der Waals surface area (Å²) in [5.41, 5.74) is 6.50. The van der Waals surface area contributed by atoms with Crippen LogP contribution in [0.4, 0.5) is 15.8 Å². The van der Waals surface area contributed by atoms with E-state index in [-0.39, 0.29) is 18.1 Å². The summed E-state index contributed by atoms with van der Waals surface area (Å²) in [6.45, 7) is 0.990. The Kier molecular flexibility index (Phi) is 4.42. The van der Waals surface area contributed by atoms with Gasteiger partial charge in [0.25, 0.3) is 0 Å². The molecule has 0 radical (unpaired) electrons. The molecule has 1 aliphatic rings. The van der Waals surface area contributed by atoms with Crippen LogP contribution in [0.2, 0.25) is 0 Å². The van der Waals surface area contributed by atoms with Gasteiger partial charge >= 0.3 is 0 Å². The fourth-order valence-corrected chi connectivity index (χ4v) is 2.73. The normalized spacial score (nSPS) is 23.9. The van der Waals surface area contributed by atoms with Crippen molar-refractivity contribution in [2.24, 2.45) is 11.8 Å². The molecule has 0 aliphatic heterocycles. The SMILES string of the molecule is Nc1c(F)cccc1NCC1CCCCC1CO. The van der Waals surface area contributed by atoms with Gasteiger partial charge in [-0.15, -0.1) is 0 Å². The number of anilines is 2. The third-order valence-corrected chi connectivity index (χ3v) is 3.91. The zero-order valence-electron chi connectivity index (χ0n) is 10.5. The topological polar surface area (TPSA) is 58.3 Å². The van der Waals surface area contributed by atoms with E-state index in [2.05, 4.69) is 5.32 Å². The Morgan fingerprint density at radius 2 is 2.00 bits per heavy atom. The van der Waals surface area contributed by atoms with Gasteiger partial charge in [-0.25, -0.2) is 4.39 Å². The molecule has 0 amide bonds. The second kappa shape index (κ2) is 6.05. The molecule has 1 aromatic rings. The van der Waals surface area contributed by atoms with Crippen molar-refractivity contribution in [1.29, 1.82) is 0 Å². The predicted octanol–water partition coefficient (Wildman–Crippen LogP) is 2.62. The summed E-state index contributed by atoms with van der Waals surface area (Å²) in [5, 5.41) is 12.6. The van der Waals surface area contributed by atoms with Gasteiger partial charge in [0.2, 0.25) is 0 Å². The van der Waals surface area contributed by atoms with Gasteiger partial charge in [0.15, 0.2) is 0 Å². The van der Waals surface area contributed by atoms with Gasteiger partial charge in [-0.05, 0) is 36.8 Å². The van der Waals surface area contributed by atoms with E-state index in [0.717, 1.165) is 19.4 Å². The first-order valence-corrected chi connectivity index (χ1v) is 6.61. The minimum Gasteiger partial charge on any atom is -0.396 e. The fraction of sp³-hybridized carbons (Fsp3) is 0.571. The maximum atomic E-state index is 13.3. The first kappa shape index (κ1) is 13.1. The molecule has 0 aromatic heterocycles. The molecule has 4 N–H and O–H groups in total. The molecule has 0 spiro atoms. The molecule has 1 fully saturated rings. The number of para-hydroxylation sites is 1. The van der Waals surface area contributed by atoms with Crippen molar-refractivity contribution in [3.8, 4) is 0 Å². The Labute approximate surface area is 107 Å². The van der Waals surface area contributed by atoms with Gasteiger partial charge in [0.1, 0.15) is 5.82 Å². The molecule has 18 heavy (non-hydrogen) atoms. The van der Waals surface area contributed by atoms with Crippen molar-refractivity contribution in [2.75, 3.05) is 24.2 Å². The van der Waals surface area contributed by atoms with E-state index in [9.17, 15) is 9.50 Å². The third kappa shape index (κ3) is 2.93. The van der Waals surface area contributed by atoms with Crippen LogP contribution >= 0.6 is 0 Å². The van der Waals surface area contributed by atoms with Crippen LogP contribution in [-0.4, -0.2) is 18.3 Å². The molecule has 1 saturated carbocycles. The summed E-state index contributed by atoms with van der Waals surface area (Å²) in [6.07, 6.45) is 4.61. The van der Waals surface area contributed by atoms with E-state index in [1.54, 1.807) is 12.1 Å². The van der Waals surface area contributed by atoms with Crippen LogP contribution in [0, 0.1) is 17.7 Å². The Morgan fingerprint density at radius 1 is 1.28 bits per heavy atom. The first-order valence-electron chi connectivity index (χ1n) is 6.61. The quantitative estimate of drug-likeness (QED) is 0.722. The maximum absolute atomic E-state index is 13.3. The van der Waals surface area contributed by atoms with E-state index < -0.39 is 0 Å². The Hall–Kier alpha value is -1.29. The van der Waals surface area contributed by atoms with Gasteiger partial charge in [0.05, 0.1) is 11.4 Å². The number of benzene rings is 1. The monoisotopic (exact) mass is 252 g/mol. The van der Waals surface area contributed by atoms with Gasteiger partial charge in [-0.1, -0.05) is 18.9 Å². The predicted molar refractivity (Wildman–Crippen MR) is 71.8 cm³/mol. The molecule has 0 saturated heterocycles. The number of halogens is 1. The molecule has 2 unspecified atom stereocenters. The number of rotatable bonds is 4. The summed E-state index contributed by atoms with van der Waals surface area (Å²) < 4.78 is 13.3. The molecule has 0 heterocycles. The number of aliphatic hydroxyl groups is 1. The number of aliphatic hydroxyl groups excluding tert-OH is 1. The average Bonchev–Trinajstić information content (AvgIpc) is 2.41. The average molecular weight is 252 g/mol. The zero-order valence-corrected chi connectivity index (χ0v) is 10.5. The van der Waals surface area contributed by atoms with Crippen molar-refractivity contribution < 1.29 is 9.50 Å². The molecular formula is C14H21FN2O. The summed E-state index contributed by atoms with van der Waals surface area (Å²) >= 11 is 0. The molecule has 4 heteroatoms. The van der Waals surface area contributed by atoms with Gasteiger partial charge < -0.3 is 16.2 Å². The molecule has 1 aromatic carbocycles. The fourth-order valence-electron chi connectivity index (χ4n) is 2.73. The lowest BCUT2D eigenvalue weighted by Gasteiger charge is -2.30. The van der Waals surface area contributed by atoms with Crippen molar-refractivity contribution in [1.82, 2.24) is 0 Å². The zero-order chi connectivity index (χ0) is 13.0. The highest BCUT2D eigenvalue weighted by Gasteiger charge is 2.24. The van der Waals surface area contributed by atoms with Crippen molar-refractivity contribution in [3.63, 3.8) is 0 Å². The summed E-state index contributed by atoms with van der Waals surface area (Å²) in [6, 6.07) is 4.80. The van der Waals surface area contributed by atoms with Crippen molar-refractivity contribution in [3.05, 3.63) is 24.0 Å². The van der Waals surface area contributed by atoms with Crippen molar-refractivity contribution in [2.45, 2.75) is 25.7 Å². The van der Waals surface area contributed by atoms with Gasteiger partial charge in [-0.2, -0.15) is 0 Å². The van der Waals surface area contributed by atoms with Crippen LogP contribution in [0.1, 0.15) is 25.7 Å². The van der Waals surface area contributed by atoms with Crippen LogP contribution in [0.25, 0.3) is 0 Å². The second-order valence-corrected chi connectivity index (χ2v) is 5.07. The molecule has 100 valence electrons. The summed E-state index contributed by atoms with van der Waals surface area (Å²) in [4.78, 5) is 0. The summed E-state index contributed by atoms with van der Waals surface area (Å²) in [7, 11) is 0. The van der Waals surface area contributed by atoms with E-state index in [0.29, 0.717) is 17.5 Å². The highest BCUT2D eigenvalue weighted by molar-refractivity contribution is 5.66.